The van der Waals surface area contributed by atoms with E-state index in [-0.39, 0.29) is 22.7 Å². The summed E-state index contributed by atoms with van der Waals surface area (Å²) in [4.78, 5) is 23.6. The quantitative estimate of drug-likeness (QED) is 0.463. The minimum Gasteiger partial charge on any atom is -0.507 e. The van der Waals surface area contributed by atoms with Crippen molar-refractivity contribution in [3.05, 3.63) is 41.5 Å². The van der Waals surface area contributed by atoms with Crippen LogP contribution in [0.5, 0.6) is 5.75 Å². The maximum absolute atomic E-state index is 12.3. The fraction of sp³-hybridized carbons (Fsp3) is 0.524. The maximum atomic E-state index is 12.3. The molecule has 2 saturated carbocycles. The SMILES string of the molecule is C/C(=C/C1CCC2CCC(OC(=O)c3ccccc3O)CC2C1)C(=O)Cl. The molecule has 0 saturated heterocycles. The molecule has 0 spiro atoms. The van der Waals surface area contributed by atoms with Crippen molar-refractivity contribution in [1.82, 2.24) is 0 Å². The zero-order valence-corrected chi connectivity index (χ0v) is 15.7. The van der Waals surface area contributed by atoms with Crippen molar-refractivity contribution >= 4 is 22.8 Å². The number of phenolic OH excluding ortho intramolecular Hbond substituents is 1. The van der Waals surface area contributed by atoms with Gasteiger partial charge in [0.25, 0.3) is 0 Å². The highest BCUT2D eigenvalue weighted by Crippen LogP contribution is 2.44. The molecule has 2 aliphatic rings. The van der Waals surface area contributed by atoms with E-state index in [4.69, 9.17) is 16.3 Å². The average molecular weight is 377 g/mol. The van der Waals surface area contributed by atoms with Gasteiger partial charge in [0.1, 0.15) is 17.4 Å². The van der Waals surface area contributed by atoms with Gasteiger partial charge in [0, 0.05) is 5.57 Å². The molecular weight excluding hydrogens is 352 g/mol. The highest BCUT2D eigenvalue weighted by atomic mass is 35.5. The molecule has 0 bridgehead atoms. The zero-order chi connectivity index (χ0) is 18.7. The van der Waals surface area contributed by atoms with Gasteiger partial charge in [0.05, 0.1) is 0 Å². The molecule has 5 heteroatoms. The summed E-state index contributed by atoms with van der Waals surface area (Å²) < 4.78 is 5.67. The molecule has 4 atom stereocenters. The zero-order valence-electron chi connectivity index (χ0n) is 15.0. The van der Waals surface area contributed by atoms with Gasteiger partial charge in [0.15, 0.2) is 0 Å². The molecule has 2 fully saturated rings. The number of hydrogen-bond acceptors (Lipinski definition) is 4. The van der Waals surface area contributed by atoms with Gasteiger partial charge in [-0.1, -0.05) is 18.2 Å². The van der Waals surface area contributed by atoms with Crippen LogP contribution in [-0.4, -0.2) is 22.4 Å². The minimum absolute atomic E-state index is 0.0460. The monoisotopic (exact) mass is 376 g/mol. The highest BCUT2D eigenvalue weighted by molar-refractivity contribution is 6.67. The van der Waals surface area contributed by atoms with Gasteiger partial charge in [-0.05, 0) is 86.9 Å². The number of aromatic hydroxyl groups is 1. The molecule has 4 unspecified atom stereocenters. The normalized spacial score (nSPS) is 28.9. The number of para-hydroxylation sites is 1. The lowest BCUT2D eigenvalue weighted by molar-refractivity contribution is -0.108. The number of esters is 1. The summed E-state index contributed by atoms with van der Waals surface area (Å²) >= 11 is 5.55. The summed E-state index contributed by atoms with van der Waals surface area (Å²) in [6.45, 7) is 1.76. The number of carbonyl (C=O) groups is 2. The highest BCUT2D eigenvalue weighted by Gasteiger charge is 2.36. The molecule has 1 N–H and O–H groups in total. The number of benzene rings is 1. The Balaban J connectivity index is 1.60. The van der Waals surface area contributed by atoms with Crippen LogP contribution >= 0.6 is 11.6 Å². The van der Waals surface area contributed by atoms with Crippen LogP contribution in [0.1, 0.15) is 55.8 Å². The van der Waals surface area contributed by atoms with Gasteiger partial charge in [0.2, 0.25) is 5.24 Å². The fourth-order valence-electron chi connectivity index (χ4n) is 4.43. The van der Waals surface area contributed by atoms with Crippen LogP contribution < -0.4 is 0 Å². The van der Waals surface area contributed by atoms with E-state index in [1.165, 1.54) is 6.07 Å². The van der Waals surface area contributed by atoms with Crippen molar-refractivity contribution in [3.63, 3.8) is 0 Å². The van der Waals surface area contributed by atoms with Crippen molar-refractivity contribution in [3.8, 4) is 5.75 Å². The van der Waals surface area contributed by atoms with Crippen molar-refractivity contribution in [2.24, 2.45) is 17.8 Å². The maximum Gasteiger partial charge on any atom is 0.342 e. The Morgan fingerprint density at radius 2 is 1.85 bits per heavy atom. The van der Waals surface area contributed by atoms with Gasteiger partial charge in [-0.3, -0.25) is 4.79 Å². The lowest BCUT2D eigenvalue weighted by Crippen LogP contribution is -2.35. The average Bonchev–Trinajstić information content (AvgIpc) is 2.61. The Kier molecular flexibility index (Phi) is 6.02. The number of fused-ring (bicyclic) bond motifs is 1. The van der Waals surface area contributed by atoms with Crippen LogP contribution in [0, 0.1) is 17.8 Å². The molecule has 140 valence electrons. The number of rotatable bonds is 4. The lowest BCUT2D eigenvalue weighted by Gasteiger charge is -2.41. The van der Waals surface area contributed by atoms with Crippen molar-refractivity contribution in [2.75, 3.05) is 0 Å². The Bertz CT molecular complexity index is 712. The summed E-state index contributed by atoms with van der Waals surface area (Å²) in [6.07, 6.45) is 7.93. The van der Waals surface area contributed by atoms with Gasteiger partial charge in [-0.15, -0.1) is 0 Å². The molecule has 1 aromatic carbocycles. The molecular formula is C21H25ClO4. The third kappa shape index (κ3) is 4.47. The van der Waals surface area contributed by atoms with Crippen LogP contribution in [-0.2, 0) is 9.53 Å². The van der Waals surface area contributed by atoms with Crippen LogP contribution in [0.15, 0.2) is 35.9 Å². The van der Waals surface area contributed by atoms with Gasteiger partial charge >= 0.3 is 5.97 Å². The number of allylic oxidation sites excluding steroid dienone is 2. The van der Waals surface area contributed by atoms with E-state index in [2.05, 4.69) is 0 Å². The molecule has 0 aromatic heterocycles. The number of halogens is 1. The molecule has 26 heavy (non-hydrogen) atoms. The fourth-order valence-corrected chi connectivity index (χ4v) is 4.49. The van der Waals surface area contributed by atoms with E-state index in [1.54, 1.807) is 25.1 Å². The first-order valence-electron chi connectivity index (χ1n) is 9.31. The molecule has 1 aromatic rings. The summed E-state index contributed by atoms with van der Waals surface area (Å²) in [7, 11) is 0. The summed E-state index contributed by atoms with van der Waals surface area (Å²) in [5.74, 6) is 1.04. The Labute approximate surface area is 159 Å². The second-order valence-electron chi connectivity index (χ2n) is 7.57. The van der Waals surface area contributed by atoms with Crippen molar-refractivity contribution in [1.29, 1.82) is 0 Å². The smallest absolute Gasteiger partial charge is 0.342 e. The molecule has 0 radical (unpaired) electrons. The molecule has 2 aliphatic carbocycles. The number of phenols is 1. The Hall–Kier alpha value is -1.81. The Morgan fingerprint density at radius 3 is 2.58 bits per heavy atom. The minimum atomic E-state index is -0.456. The topological polar surface area (TPSA) is 63.6 Å². The molecule has 4 nitrogen and oxygen atoms in total. The third-order valence-corrected chi connectivity index (χ3v) is 6.10. The van der Waals surface area contributed by atoms with E-state index in [0.29, 0.717) is 23.3 Å². The van der Waals surface area contributed by atoms with Crippen LogP contribution in [0.4, 0.5) is 0 Å². The summed E-state index contributed by atoms with van der Waals surface area (Å²) in [5.41, 5.74) is 0.837. The second kappa shape index (κ2) is 8.26. The summed E-state index contributed by atoms with van der Waals surface area (Å²) in [5, 5.41) is 9.43. The molecule has 3 rings (SSSR count). The standard InChI is InChI=1S/C21H25ClO4/c1-13(20(22)24)10-14-6-7-15-8-9-17(12-16(15)11-14)26-21(25)18-4-2-3-5-19(18)23/h2-5,10,14-17,23H,6-9,11-12H2,1H3/b13-10-. The van der Waals surface area contributed by atoms with E-state index < -0.39 is 5.97 Å². The number of carbonyl (C=O) groups excluding carboxylic acids is 2. The van der Waals surface area contributed by atoms with E-state index in [1.807, 2.05) is 6.08 Å². The largest absolute Gasteiger partial charge is 0.507 e. The molecule has 0 heterocycles. The van der Waals surface area contributed by atoms with E-state index in [0.717, 1.165) is 38.5 Å². The van der Waals surface area contributed by atoms with E-state index >= 15 is 0 Å². The first kappa shape index (κ1) is 19.0. The van der Waals surface area contributed by atoms with Crippen LogP contribution in [0.2, 0.25) is 0 Å². The van der Waals surface area contributed by atoms with Crippen LogP contribution in [0.25, 0.3) is 0 Å². The molecule has 0 aliphatic heterocycles. The van der Waals surface area contributed by atoms with Crippen LogP contribution in [0.3, 0.4) is 0 Å². The van der Waals surface area contributed by atoms with Gasteiger partial charge in [-0.2, -0.15) is 0 Å². The first-order chi connectivity index (χ1) is 12.4. The third-order valence-electron chi connectivity index (χ3n) is 5.80. The first-order valence-corrected chi connectivity index (χ1v) is 9.69. The van der Waals surface area contributed by atoms with Gasteiger partial charge in [-0.25, -0.2) is 4.79 Å². The predicted molar refractivity (Wildman–Crippen MR) is 100 cm³/mol. The number of hydrogen-bond donors (Lipinski definition) is 1. The van der Waals surface area contributed by atoms with Crippen molar-refractivity contribution < 1.29 is 19.4 Å². The Morgan fingerprint density at radius 1 is 1.12 bits per heavy atom. The second-order valence-corrected chi connectivity index (χ2v) is 7.92. The van der Waals surface area contributed by atoms with Gasteiger partial charge < -0.3 is 9.84 Å². The molecule has 0 amide bonds. The number of ether oxygens (including phenoxy) is 1. The lowest BCUT2D eigenvalue weighted by atomic mass is 9.66. The van der Waals surface area contributed by atoms with Crippen molar-refractivity contribution in [2.45, 2.75) is 51.6 Å². The van der Waals surface area contributed by atoms with E-state index in [9.17, 15) is 14.7 Å². The summed E-state index contributed by atoms with van der Waals surface area (Å²) in [6, 6.07) is 6.47. The predicted octanol–water partition coefficient (Wildman–Crippen LogP) is 4.85.